The van der Waals surface area contributed by atoms with Gasteiger partial charge in [0, 0.05) is 0 Å². The first-order valence-electron chi connectivity index (χ1n) is 20.0. The van der Waals surface area contributed by atoms with Crippen LogP contribution in [0.5, 0.6) is 23.0 Å². The Morgan fingerprint density at radius 1 is 0.431 bits per heavy atom. The van der Waals surface area contributed by atoms with E-state index in [4.69, 9.17) is 18.9 Å². The number of ether oxygens (including phenoxy) is 4. The summed E-state index contributed by atoms with van der Waals surface area (Å²) in [5, 5.41) is 0. The molecule has 0 heterocycles. The first kappa shape index (κ1) is 41.6. The van der Waals surface area contributed by atoms with Gasteiger partial charge in [-0.1, -0.05) is 129 Å². The van der Waals surface area contributed by atoms with Gasteiger partial charge in [-0.05, 0) is 92.1 Å². The zero-order chi connectivity index (χ0) is 36.4. The van der Waals surface area contributed by atoms with E-state index in [0.717, 1.165) is 24.3 Å². The van der Waals surface area contributed by atoms with E-state index in [2.05, 4.69) is 13.8 Å². The van der Waals surface area contributed by atoms with Gasteiger partial charge in [-0.25, -0.2) is 9.59 Å². The van der Waals surface area contributed by atoms with Crippen molar-refractivity contribution in [3.63, 3.8) is 0 Å². The van der Waals surface area contributed by atoms with Crippen molar-refractivity contribution >= 4 is 11.9 Å². The fourth-order valence-electron chi connectivity index (χ4n) is 6.06. The van der Waals surface area contributed by atoms with Crippen molar-refractivity contribution in [3.05, 3.63) is 83.4 Å². The average molecular weight is 701 g/mol. The van der Waals surface area contributed by atoms with Crippen LogP contribution < -0.4 is 18.9 Å². The smallest absolute Gasteiger partial charge is 0.343 e. The zero-order valence-electron chi connectivity index (χ0n) is 31.9. The van der Waals surface area contributed by atoms with Crippen molar-refractivity contribution in [1.82, 2.24) is 0 Å². The highest BCUT2D eigenvalue weighted by atomic mass is 16.5. The van der Waals surface area contributed by atoms with E-state index < -0.39 is 11.9 Å². The molecule has 0 fully saturated rings. The number of esters is 2. The fraction of sp³-hybridized carbons (Fsp3) is 0.556. The summed E-state index contributed by atoms with van der Waals surface area (Å²) in [7, 11) is 0. The minimum Gasteiger partial charge on any atom is -0.494 e. The minimum absolute atomic E-state index is 0.377. The molecule has 280 valence electrons. The van der Waals surface area contributed by atoms with Gasteiger partial charge in [-0.2, -0.15) is 0 Å². The quantitative estimate of drug-likeness (QED) is 0.0426. The predicted octanol–water partition coefficient (Wildman–Crippen LogP) is 13.0. The van der Waals surface area contributed by atoms with Crippen molar-refractivity contribution in [2.24, 2.45) is 0 Å². The molecule has 6 heteroatoms. The van der Waals surface area contributed by atoms with Crippen molar-refractivity contribution < 1.29 is 28.5 Å². The van der Waals surface area contributed by atoms with E-state index in [9.17, 15) is 9.59 Å². The standard InChI is InChI=1S/C45H64O6/c1-4-6-8-10-12-14-16-18-20-22-34-48-40-28-24-38(25-29-40)44(46)50-42-32-33-43(37(3)36-42)51-45(47)39-26-30-41(31-27-39)49-35-23-21-19-17-15-13-11-9-7-5-2/h24-33,36H,4-23,34-35H2,1-3H3. The lowest BCUT2D eigenvalue weighted by atomic mass is 10.1. The lowest BCUT2D eigenvalue weighted by Gasteiger charge is -2.11. The molecule has 6 nitrogen and oxygen atoms in total. The SMILES string of the molecule is CCCCCCCCCCCCOc1ccc(C(=O)Oc2ccc(OC(=O)c3ccc(OCCCCCCCCCCCC)cc3)c(C)c2)cc1. The van der Waals surface area contributed by atoms with E-state index in [0.29, 0.717) is 41.4 Å². The van der Waals surface area contributed by atoms with Crippen LogP contribution in [0.1, 0.15) is 169 Å². The molecule has 0 aliphatic heterocycles. The molecule has 0 atom stereocenters. The fourth-order valence-corrected chi connectivity index (χ4v) is 6.06. The van der Waals surface area contributed by atoms with Gasteiger partial charge in [0.2, 0.25) is 0 Å². The third kappa shape index (κ3) is 17.8. The molecule has 0 saturated heterocycles. The lowest BCUT2D eigenvalue weighted by Crippen LogP contribution is -2.10. The summed E-state index contributed by atoms with van der Waals surface area (Å²) in [6.07, 6.45) is 25.8. The largest absolute Gasteiger partial charge is 0.494 e. The summed E-state index contributed by atoms with van der Waals surface area (Å²) in [4.78, 5) is 25.6. The zero-order valence-corrected chi connectivity index (χ0v) is 31.9. The Balaban J connectivity index is 1.31. The second kappa shape index (κ2) is 26.0. The number of benzene rings is 3. The molecule has 0 saturated carbocycles. The lowest BCUT2D eigenvalue weighted by molar-refractivity contribution is 0.0718. The van der Waals surface area contributed by atoms with Gasteiger partial charge >= 0.3 is 11.9 Å². The molecule has 3 aromatic carbocycles. The van der Waals surface area contributed by atoms with Crippen LogP contribution in [0.15, 0.2) is 66.7 Å². The normalized spacial score (nSPS) is 11.0. The highest BCUT2D eigenvalue weighted by Crippen LogP contribution is 2.26. The second-order valence-corrected chi connectivity index (χ2v) is 13.8. The second-order valence-electron chi connectivity index (χ2n) is 13.8. The van der Waals surface area contributed by atoms with Crippen LogP contribution in [0, 0.1) is 6.92 Å². The maximum atomic E-state index is 12.8. The Labute approximate surface area is 308 Å². The Hall–Kier alpha value is -3.80. The number of hydrogen-bond donors (Lipinski definition) is 0. The Bertz CT molecular complexity index is 1360. The molecule has 0 aromatic heterocycles. The number of rotatable bonds is 28. The van der Waals surface area contributed by atoms with Gasteiger partial charge in [0.05, 0.1) is 24.3 Å². The van der Waals surface area contributed by atoms with Gasteiger partial charge in [0.1, 0.15) is 23.0 Å². The van der Waals surface area contributed by atoms with Crippen LogP contribution in [-0.2, 0) is 0 Å². The molecule has 0 amide bonds. The molecule has 51 heavy (non-hydrogen) atoms. The molecule has 3 rings (SSSR count). The molecule has 0 unspecified atom stereocenters. The first-order valence-corrected chi connectivity index (χ1v) is 20.0. The Morgan fingerprint density at radius 2 is 0.784 bits per heavy atom. The van der Waals surface area contributed by atoms with Gasteiger partial charge in [-0.15, -0.1) is 0 Å². The van der Waals surface area contributed by atoms with Crippen LogP contribution in [0.3, 0.4) is 0 Å². The third-order valence-corrected chi connectivity index (χ3v) is 9.27. The van der Waals surface area contributed by atoms with Crippen molar-refractivity contribution in [2.75, 3.05) is 13.2 Å². The summed E-state index contributed by atoms with van der Waals surface area (Å²) in [6.45, 7) is 7.67. The number of carbonyl (C=O) groups excluding carboxylic acids is 2. The van der Waals surface area contributed by atoms with Gasteiger partial charge in [0.25, 0.3) is 0 Å². The van der Waals surface area contributed by atoms with Gasteiger partial charge in [-0.3, -0.25) is 0 Å². The monoisotopic (exact) mass is 700 g/mol. The molecule has 0 N–H and O–H groups in total. The van der Waals surface area contributed by atoms with Crippen molar-refractivity contribution in [1.29, 1.82) is 0 Å². The highest BCUT2D eigenvalue weighted by Gasteiger charge is 2.14. The molecular weight excluding hydrogens is 636 g/mol. The molecule has 3 aromatic rings. The molecule has 0 aliphatic rings. The molecule has 0 spiro atoms. The summed E-state index contributed by atoms with van der Waals surface area (Å²) in [5.41, 5.74) is 1.55. The van der Waals surface area contributed by atoms with Crippen LogP contribution in [0.4, 0.5) is 0 Å². The molecule has 0 bridgehead atoms. The maximum Gasteiger partial charge on any atom is 0.343 e. The van der Waals surface area contributed by atoms with E-state index in [-0.39, 0.29) is 0 Å². The first-order chi connectivity index (χ1) is 25.0. The molecular formula is C45H64O6. The third-order valence-electron chi connectivity index (χ3n) is 9.27. The maximum absolute atomic E-state index is 12.8. The average Bonchev–Trinajstić information content (AvgIpc) is 3.14. The number of aryl methyl sites for hydroxylation is 1. The van der Waals surface area contributed by atoms with E-state index in [1.54, 1.807) is 66.7 Å². The highest BCUT2D eigenvalue weighted by molar-refractivity contribution is 5.92. The Kier molecular flexibility index (Phi) is 21.3. The summed E-state index contributed by atoms with van der Waals surface area (Å²) >= 11 is 0. The predicted molar refractivity (Wildman–Crippen MR) is 209 cm³/mol. The molecule has 0 radical (unpaired) electrons. The summed E-state index contributed by atoms with van der Waals surface area (Å²) in [6, 6.07) is 19.0. The summed E-state index contributed by atoms with van der Waals surface area (Å²) in [5.74, 6) is 1.36. The van der Waals surface area contributed by atoms with Crippen LogP contribution in [-0.4, -0.2) is 25.2 Å². The van der Waals surface area contributed by atoms with Crippen molar-refractivity contribution in [3.8, 4) is 23.0 Å². The van der Waals surface area contributed by atoms with Gasteiger partial charge in [0.15, 0.2) is 0 Å². The topological polar surface area (TPSA) is 71.1 Å². The van der Waals surface area contributed by atoms with E-state index in [1.165, 1.54) is 116 Å². The summed E-state index contributed by atoms with van der Waals surface area (Å²) < 4.78 is 23.0. The van der Waals surface area contributed by atoms with Crippen molar-refractivity contribution in [2.45, 2.75) is 149 Å². The number of carbonyl (C=O) groups is 2. The number of hydrogen-bond acceptors (Lipinski definition) is 6. The number of unbranched alkanes of at least 4 members (excludes halogenated alkanes) is 18. The van der Waals surface area contributed by atoms with Crippen LogP contribution in [0.25, 0.3) is 0 Å². The van der Waals surface area contributed by atoms with Crippen LogP contribution in [0.2, 0.25) is 0 Å². The Morgan fingerprint density at radius 3 is 1.18 bits per heavy atom. The molecule has 0 aliphatic carbocycles. The van der Waals surface area contributed by atoms with Crippen LogP contribution >= 0.6 is 0 Å². The van der Waals surface area contributed by atoms with Gasteiger partial charge < -0.3 is 18.9 Å². The van der Waals surface area contributed by atoms with E-state index >= 15 is 0 Å². The minimum atomic E-state index is -0.462. The van der Waals surface area contributed by atoms with E-state index in [1.807, 2.05) is 6.92 Å².